The van der Waals surface area contributed by atoms with E-state index < -0.39 is 0 Å². The van der Waals surface area contributed by atoms with Crippen LogP contribution in [0, 0.1) is 0 Å². The molecule has 0 saturated heterocycles. The maximum Gasteiger partial charge on any atom is 0.119 e. The zero-order valence-electron chi connectivity index (χ0n) is 12.5. The van der Waals surface area contributed by atoms with Crippen molar-refractivity contribution < 1.29 is 19.3 Å². The second kappa shape index (κ2) is 10.7. The van der Waals surface area contributed by atoms with Crippen LogP contribution in [0.4, 0.5) is 0 Å². The molecule has 1 aromatic carbocycles. The second-order valence-corrected chi connectivity index (χ2v) is 4.68. The summed E-state index contributed by atoms with van der Waals surface area (Å²) in [4.78, 5) is 0. The van der Waals surface area contributed by atoms with Crippen molar-refractivity contribution in [3.8, 4) is 5.75 Å². The molecule has 0 radical (unpaired) electrons. The fraction of sp³-hybridized carbons (Fsp3) is 0.625. The van der Waals surface area contributed by atoms with Gasteiger partial charge in [0, 0.05) is 0 Å². The highest BCUT2D eigenvalue weighted by molar-refractivity contribution is 5.30. The van der Waals surface area contributed by atoms with E-state index in [2.05, 4.69) is 26.0 Å². The summed E-state index contributed by atoms with van der Waals surface area (Å²) in [6, 6.07) is 8.23. The number of rotatable bonds is 11. The largest absolute Gasteiger partial charge is 0.491 e. The van der Waals surface area contributed by atoms with E-state index >= 15 is 0 Å². The van der Waals surface area contributed by atoms with Crippen molar-refractivity contribution in [3.63, 3.8) is 0 Å². The van der Waals surface area contributed by atoms with Gasteiger partial charge in [-0.1, -0.05) is 26.0 Å². The first-order valence-corrected chi connectivity index (χ1v) is 7.27. The lowest BCUT2D eigenvalue weighted by Crippen LogP contribution is -2.12. The predicted molar refractivity (Wildman–Crippen MR) is 79.4 cm³/mol. The maximum atomic E-state index is 8.53. The van der Waals surface area contributed by atoms with Gasteiger partial charge in [-0.05, 0) is 30.0 Å². The number of benzene rings is 1. The first-order chi connectivity index (χ1) is 9.77. The molecule has 0 saturated carbocycles. The molecule has 0 fully saturated rings. The van der Waals surface area contributed by atoms with E-state index in [-0.39, 0.29) is 6.61 Å². The number of hydrogen-bond donors (Lipinski definition) is 1. The fourth-order valence-electron chi connectivity index (χ4n) is 1.75. The van der Waals surface area contributed by atoms with Crippen LogP contribution in [-0.4, -0.2) is 44.7 Å². The van der Waals surface area contributed by atoms with Crippen molar-refractivity contribution in [2.24, 2.45) is 0 Å². The normalized spacial score (nSPS) is 12.3. The van der Waals surface area contributed by atoms with Gasteiger partial charge >= 0.3 is 0 Å². The summed E-state index contributed by atoms with van der Waals surface area (Å²) in [5, 5.41) is 8.53. The van der Waals surface area contributed by atoms with Gasteiger partial charge in [-0.25, -0.2) is 0 Å². The summed E-state index contributed by atoms with van der Waals surface area (Å²) < 4.78 is 16.1. The van der Waals surface area contributed by atoms with Crippen molar-refractivity contribution in [1.29, 1.82) is 0 Å². The summed E-state index contributed by atoms with van der Waals surface area (Å²) in [6.07, 6.45) is 1.13. The maximum absolute atomic E-state index is 8.53. The molecule has 1 rings (SSSR count). The molecular weight excluding hydrogens is 256 g/mol. The highest BCUT2D eigenvalue weighted by Crippen LogP contribution is 2.22. The van der Waals surface area contributed by atoms with Crippen LogP contribution in [0.15, 0.2) is 24.3 Å². The Kier molecular flexibility index (Phi) is 9.04. The fourth-order valence-corrected chi connectivity index (χ4v) is 1.75. The molecule has 4 nitrogen and oxygen atoms in total. The van der Waals surface area contributed by atoms with Crippen LogP contribution >= 0.6 is 0 Å². The number of ether oxygens (including phenoxy) is 3. The topological polar surface area (TPSA) is 47.9 Å². The number of aliphatic hydroxyl groups is 1. The van der Waals surface area contributed by atoms with Crippen molar-refractivity contribution in [3.05, 3.63) is 29.8 Å². The Bertz CT molecular complexity index is 354. The third-order valence-corrected chi connectivity index (χ3v) is 3.14. The molecule has 4 heteroatoms. The minimum absolute atomic E-state index is 0.0512. The molecule has 1 atom stereocenters. The molecule has 0 aliphatic heterocycles. The Morgan fingerprint density at radius 2 is 1.75 bits per heavy atom. The molecule has 1 aromatic rings. The van der Waals surface area contributed by atoms with Crippen LogP contribution in [0.3, 0.4) is 0 Å². The highest BCUT2D eigenvalue weighted by atomic mass is 16.5. The highest BCUT2D eigenvalue weighted by Gasteiger charge is 2.03. The quantitative estimate of drug-likeness (QED) is 0.634. The van der Waals surface area contributed by atoms with Gasteiger partial charge in [0.1, 0.15) is 12.4 Å². The summed E-state index contributed by atoms with van der Waals surface area (Å²) >= 11 is 0. The van der Waals surface area contributed by atoms with Gasteiger partial charge in [-0.3, -0.25) is 0 Å². The zero-order valence-corrected chi connectivity index (χ0v) is 12.5. The van der Waals surface area contributed by atoms with Gasteiger partial charge in [-0.2, -0.15) is 0 Å². The Hall–Kier alpha value is -1.10. The SMILES string of the molecule is CCC(C)c1cccc(OCCOCCOCCO)c1. The lowest BCUT2D eigenvalue weighted by atomic mass is 9.99. The van der Waals surface area contributed by atoms with E-state index in [4.69, 9.17) is 19.3 Å². The second-order valence-electron chi connectivity index (χ2n) is 4.68. The molecule has 0 aliphatic carbocycles. The van der Waals surface area contributed by atoms with Gasteiger partial charge in [-0.15, -0.1) is 0 Å². The Morgan fingerprint density at radius 3 is 2.45 bits per heavy atom. The summed E-state index contributed by atoms with van der Waals surface area (Å²) in [7, 11) is 0. The van der Waals surface area contributed by atoms with Crippen molar-refractivity contribution >= 4 is 0 Å². The van der Waals surface area contributed by atoms with Gasteiger partial charge in [0.05, 0.1) is 33.0 Å². The third kappa shape index (κ3) is 6.89. The van der Waals surface area contributed by atoms with E-state index in [1.165, 1.54) is 5.56 Å². The zero-order chi connectivity index (χ0) is 14.6. The monoisotopic (exact) mass is 282 g/mol. The van der Waals surface area contributed by atoms with Crippen LogP contribution in [0.2, 0.25) is 0 Å². The lowest BCUT2D eigenvalue weighted by Gasteiger charge is -2.12. The molecule has 20 heavy (non-hydrogen) atoms. The van der Waals surface area contributed by atoms with Crippen LogP contribution in [0.5, 0.6) is 5.75 Å². The summed E-state index contributed by atoms with van der Waals surface area (Å²) in [5.74, 6) is 1.45. The lowest BCUT2D eigenvalue weighted by molar-refractivity contribution is 0.0247. The van der Waals surface area contributed by atoms with E-state index in [9.17, 15) is 0 Å². The average Bonchev–Trinajstić information content (AvgIpc) is 2.49. The van der Waals surface area contributed by atoms with Gasteiger partial charge in [0.15, 0.2) is 0 Å². The summed E-state index contributed by atoms with van der Waals surface area (Å²) in [6.45, 7) is 6.91. The van der Waals surface area contributed by atoms with Gasteiger partial charge in [0.25, 0.3) is 0 Å². The van der Waals surface area contributed by atoms with Crippen LogP contribution in [0.25, 0.3) is 0 Å². The van der Waals surface area contributed by atoms with Crippen LogP contribution < -0.4 is 4.74 Å². The standard InChI is InChI=1S/C16H26O4/c1-3-14(2)15-5-4-6-16(13-15)20-12-11-19-10-9-18-8-7-17/h4-6,13-14,17H,3,7-12H2,1-2H3. The molecule has 0 spiro atoms. The number of aliphatic hydroxyl groups excluding tert-OH is 1. The molecule has 0 aromatic heterocycles. The van der Waals surface area contributed by atoms with Crippen LogP contribution in [0.1, 0.15) is 31.7 Å². The Labute approximate surface area is 121 Å². The van der Waals surface area contributed by atoms with E-state index in [1.807, 2.05) is 12.1 Å². The van der Waals surface area contributed by atoms with E-state index in [0.717, 1.165) is 12.2 Å². The molecular formula is C16H26O4. The molecule has 114 valence electrons. The molecule has 0 heterocycles. The predicted octanol–water partition coefficient (Wildman–Crippen LogP) is 2.60. The first-order valence-electron chi connectivity index (χ1n) is 7.27. The van der Waals surface area contributed by atoms with Crippen molar-refractivity contribution in [2.75, 3.05) is 39.6 Å². The van der Waals surface area contributed by atoms with Gasteiger partial charge in [0.2, 0.25) is 0 Å². The molecule has 0 aliphatic rings. The van der Waals surface area contributed by atoms with Gasteiger partial charge < -0.3 is 19.3 Å². The smallest absolute Gasteiger partial charge is 0.119 e. The van der Waals surface area contributed by atoms with Crippen molar-refractivity contribution in [2.45, 2.75) is 26.2 Å². The molecule has 1 N–H and O–H groups in total. The number of hydrogen-bond acceptors (Lipinski definition) is 4. The molecule has 0 amide bonds. The molecule has 1 unspecified atom stereocenters. The Morgan fingerprint density at radius 1 is 1.05 bits per heavy atom. The molecule has 0 bridgehead atoms. The van der Waals surface area contributed by atoms with Crippen LogP contribution in [-0.2, 0) is 9.47 Å². The minimum Gasteiger partial charge on any atom is -0.491 e. The minimum atomic E-state index is 0.0512. The third-order valence-electron chi connectivity index (χ3n) is 3.14. The average molecular weight is 282 g/mol. The first kappa shape index (κ1) is 17.0. The summed E-state index contributed by atoms with van der Waals surface area (Å²) in [5.41, 5.74) is 1.31. The van der Waals surface area contributed by atoms with E-state index in [0.29, 0.717) is 39.0 Å². The van der Waals surface area contributed by atoms with Crippen molar-refractivity contribution in [1.82, 2.24) is 0 Å². The van der Waals surface area contributed by atoms with E-state index in [1.54, 1.807) is 0 Å². The Balaban J connectivity index is 2.15.